The van der Waals surface area contributed by atoms with Crippen molar-refractivity contribution >= 4 is 108 Å². The van der Waals surface area contributed by atoms with Crippen molar-refractivity contribution in [2.75, 3.05) is 60.9 Å². The Balaban J connectivity index is 0.000000158. The minimum atomic E-state index is -1.09. The van der Waals surface area contributed by atoms with Crippen molar-refractivity contribution in [3.8, 4) is 0 Å². The molecule has 4 saturated heterocycles. The van der Waals surface area contributed by atoms with Gasteiger partial charge < -0.3 is 50.4 Å². The fourth-order valence-electron chi connectivity index (χ4n) is 13.6. The highest BCUT2D eigenvalue weighted by molar-refractivity contribution is 8.14. The number of anilines is 2. The lowest BCUT2D eigenvalue weighted by Crippen LogP contribution is -2.41. The van der Waals surface area contributed by atoms with Gasteiger partial charge in [-0.2, -0.15) is 0 Å². The van der Waals surface area contributed by atoms with Crippen molar-refractivity contribution in [3.63, 3.8) is 0 Å². The molecule has 0 unspecified atom stereocenters. The number of thioether (sulfide) groups is 4. The van der Waals surface area contributed by atoms with Crippen molar-refractivity contribution in [3.05, 3.63) is 139 Å². The molecule has 0 spiro atoms. The molecule has 548 valence electrons. The molecular formula is C70H87F4N9O14S4. The highest BCUT2D eigenvalue weighted by Crippen LogP contribution is 2.53. The maximum atomic E-state index is 14.7. The molecule has 0 saturated carbocycles. The number of carbonyl (C=O) groups is 3. The largest absolute Gasteiger partial charge is 0.460 e. The van der Waals surface area contributed by atoms with Crippen LogP contribution >= 0.6 is 47.0 Å². The van der Waals surface area contributed by atoms with E-state index >= 15 is 0 Å². The van der Waals surface area contributed by atoms with Crippen LogP contribution in [0.3, 0.4) is 0 Å². The average Bonchev–Trinajstić information content (AvgIpc) is 1.66. The van der Waals surface area contributed by atoms with Crippen LogP contribution in [-0.2, 0) is 69.7 Å². The SMILES string of the molecule is C[C@H]1OC[C@]2(c3cc(N)ccc3F)N=C(CC(=O)OC(C)(C)C)SC[C@H]12.C[C@H]1OC[C@]2(c3cc(N)ccc3F)N=C(CC(=O)OC(C)(C)C)SC[C@H]12.C[C@H]1OC[C@]2(c3cc([N+](=O)[O-])ccc3F)N=C(CC(=O)OC(C)(C)C)SC[C@H]12.C[C@H]1OC[C@]2(c3cc([N+](=O)[O-])ccc3F)N=C(N)SC[C@H]12. The monoisotopic (exact) mass is 1480 g/mol. The number of fused-ring (bicyclic) bond motifs is 4. The first-order chi connectivity index (χ1) is 47.2. The van der Waals surface area contributed by atoms with Crippen LogP contribution in [0.5, 0.6) is 0 Å². The van der Waals surface area contributed by atoms with Gasteiger partial charge in [0.05, 0.1) is 95.1 Å². The minimum Gasteiger partial charge on any atom is -0.460 e. The van der Waals surface area contributed by atoms with Crippen molar-refractivity contribution in [2.24, 2.45) is 49.4 Å². The molecule has 31 heteroatoms. The Bertz CT molecular complexity index is 3840. The van der Waals surface area contributed by atoms with Crippen LogP contribution in [-0.4, -0.2) is 139 Å². The van der Waals surface area contributed by atoms with Crippen LogP contribution in [0.4, 0.5) is 40.3 Å². The fraction of sp³-hybridized carbons (Fsp3) is 0.557. The number of nitro benzene ring substituents is 2. The quantitative estimate of drug-likeness (QED) is 0.0296. The topological polar surface area (TPSA) is 330 Å². The maximum Gasteiger partial charge on any atom is 0.312 e. The van der Waals surface area contributed by atoms with Crippen molar-refractivity contribution in [2.45, 2.75) is 173 Å². The van der Waals surface area contributed by atoms with Gasteiger partial charge in [0.15, 0.2) is 5.17 Å². The molecule has 12 atom stereocenters. The van der Waals surface area contributed by atoms with Crippen LogP contribution in [0.2, 0.25) is 0 Å². The molecule has 0 bridgehead atoms. The summed E-state index contributed by atoms with van der Waals surface area (Å²) < 4.78 is 97.6. The van der Waals surface area contributed by atoms with Crippen LogP contribution in [0, 0.1) is 67.2 Å². The number of nitrogen functional groups attached to an aromatic ring is 2. The molecule has 0 radical (unpaired) electrons. The van der Waals surface area contributed by atoms with Gasteiger partial charge in [0.2, 0.25) is 0 Å². The van der Waals surface area contributed by atoms with Crippen LogP contribution < -0.4 is 17.2 Å². The Labute approximate surface area is 601 Å². The van der Waals surface area contributed by atoms with E-state index in [0.29, 0.717) is 65.8 Å². The molecular weight excluding hydrogens is 1400 g/mol. The number of aliphatic imine (C=N–C) groups is 4. The summed E-state index contributed by atoms with van der Waals surface area (Å²) >= 11 is 5.85. The van der Waals surface area contributed by atoms with Crippen LogP contribution in [0.15, 0.2) is 92.8 Å². The Morgan fingerprint density at radius 3 is 0.990 bits per heavy atom. The Kier molecular flexibility index (Phi) is 23.9. The van der Waals surface area contributed by atoms with E-state index in [-0.39, 0.29) is 140 Å². The van der Waals surface area contributed by atoms with Crippen LogP contribution in [0.1, 0.15) is 132 Å². The molecule has 101 heavy (non-hydrogen) atoms. The third-order valence-electron chi connectivity index (χ3n) is 18.3. The fourth-order valence-corrected chi connectivity index (χ4v) is 18.8. The average molecular weight is 1480 g/mol. The molecule has 23 nitrogen and oxygen atoms in total. The predicted octanol–water partition coefficient (Wildman–Crippen LogP) is 12.9. The molecule has 4 fully saturated rings. The van der Waals surface area contributed by atoms with Crippen molar-refractivity contribution < 1.29 is 74.9 Å². The highest BCUT2D eigenvalue weighted by atomic mass is 32.2. The van der Waals surface area contributed by atoms with Gasteiger partial charge in [-0.15, -0.1) is 35.3 Å². The van der Waals surface area contributed by atoms with E-state index in [1.165, 1.54) is 83.4 Å². The number of non-ortho nitro benzene ring substituents is 2. The second-order valence-electron chi connectivity index (χ2n) is 29.0. The van der Waals surface area contributed by atoms with E-state index in [4.69, 9.17) is 65.3 Å². The van der Waals surface area contributed by atoms with E-state index < -0.39 is 66.4 Å². The zero-order chi connectivity index (χ0) is 74.1. The number of benzene rings is 4. The second-order valence-corrected chi connectivity index (χ2v) is 33.3. The van der Waals surface area contributed by atoms with Gasteiger partial charge in [0, 0.05) is 105 Å². The molecule has 0 aromatic heterocycles. The Morgan fingerprint density at radius 1 is 0.455 bits per heavy atom. The molecule has 4 aromatic carbocycles. The third kappa shape index (κ3) is 17.9. The number of rotatable bonds is 12. The van der Waals surface area contributed by atoms with Gasteiger partial charge in [0.25, 0.3) is 11.4 Å². The molecule has 0 amide bonds. The molecule has 8 aliphatic heterocycles. The van der Waals surface area contributed by atoms with E-state index in [1.54, 1.807) is 32.9 Å². The number of esters is 3. The van der Waals surface area contributed by atoms with Crippen molar-refractivity contribution in [1.82, 2.24) is 0 Å². The van der Waals surface area contributed by atoms with Crippen molar-refractivity contribution in [1.29, 1.82) is 0 Å². The summed E-state index contributed by atoms with van der Waals surface area (Å²) in [7, 11) is 0. The number of hydrogen-bond acceptors (Lipinski definition) is 25. The van der Waals surface area contributed by atoms with Crippen LogP contribution in [0.25, 0.3) is 0 Å². The summed E-state index contributed by atoms with van der Waals surface area (Å²) in [6.45, 7) is 24.9. The number of carbonyl (C=O) groups excluding carboxylic acids is 3. The normalized spacial score (nSPS) is 28.7. The first kappa shape index (κ1) is 78.3. The number of hydrogen-bond donors (Lipinski definition) is 3. The summed E-state index contributed by atoms with van der Waals surface area (Å²) in [5.41, 5.74) is 13.9. The lowest BCUT2D eigenvalue weighted by atomic mass is 9.79. The number of amidine groups is 1. The van der Waals surface area contributed by atoms with E-state index in [0.717, 1.165) is 24.3 Å². The summed E-state index contributed by atoms with van der Waals surface area (Å²) in [6, 6.07) is 16.0. The summed E-state index contributed by atoms with van der Waals surface area (Å²) in [4.78, 5) is 76.5. The van der Waals surface area contributed by atoms with Gasteiger partial charge in [-0.25, -0.2) is 22.6 Å². The zero-order valence-electron chi connectivity index (χ0n) is 58.6. The van der Waals surface area contributed by atoms with Gasteiger partial charge in [0.1, 0.15) is 62.2 Å². The minimum absolute atomic E-state index is 0.0196. The number of nitro groups is 2. The second kappa shape index (κ2) is 30.8. The zero-order valence-corrected chi connectivity index (χ0v) is 61.9. The molecule has 0 aliphatic carbocycles. The molecule has 8 heterocycles. The highest BCUT2D eigenvalue weighted by Gasteiger charge is 2.57. The van der Waals surface area contributed by atoms with E-state index in [1.807, 2.05) is 69.2 Å². The molecule has 12 rings (SSSR count). The molecule has 8 aliphatic rings. The smallest absolute Gasteiger partial charge is 0.312 e. The van der Waals surface area contributed by atoms with E-state index in [2.05, 4.69) is 4.99 Å². The summed E-state index contributed by atoms with van der Waals surface area (Å²) in [6.07, 6.45) is -0.249. The number of halogens is 4. The number of ether oxygens (including phenoxy) is 7. The van der Waals surface area contributed by atoms with E-state index in [9.17, 15) is 52.2 Å². The number of nitrogens with two attached hydrogens (primary N) is 3. The van der Waals surface area contributed by atoms with Gasteiger partial charge in [-0.3, -0.25) is 49.6 Å². The first-order valence-corrected chi connectivity index (χ1v) is 36.9. The first-order valence-electron chi connectivity index (χ1n) is 32.9. The van der Waals surface area contributed by atoms with Gasteiger partial charge in [-0.05, 0) is 139 Å². The Hall–Kier alpha value is -6.87. The summed E-state index contributed by atoms with van der Waals surface area (Å²) in [5.74, 6) is -0.429. The maximum absolute atomic E-state index is 14.7. The van der Waals surface area contributed by atoms with Gasteiger partial charge >= 0.3 is 17.9 Å². The lowest BCUT2D eigenvalue weighted by Gasteiger charge is -2.36. The summed E-state index contributed by atoms with van der Waals surface area (Å²) in [5, 5.41) is 24.3. The standard InChI is InChI=1S/C19H23FN2O5S.2C19H25FN2O3S.C13H14FN3O3S/c1-11-14-9-28-16(8-17(23)27-18(2,3)4)21-19(14,10-26-11)13-7-12(22(24)25)5-6-15(13)20;2*1-11-14-9-26-16(8-17(23)25-18(2,3)4)22-19(14,10-24-11)13-7-12(21)5-6-15(13)20;1-7-10-5-21-12(15)16-13(10,6-20-7)9-4-8(17(18)19)2-3-11(9)14/h5-7,11,14H,8-10H2,1-4H3;2*5-7,11,14H,8-10,21H2,1-4H3;2-4,7,10H,5-6H2,1H3,(H2,15,16)/t3*11-,14-,19-;7-,10-,13-/m1111/s1. The van der Waals surface area contributed by atoms with Gasteiger partial charge in [-0.1, -0.05) is 11.8 Å². The Morgan fingerprint density at radius 2 is 0.713 bits per heavy atom. The molecule has 6 N–H and O–H groups in total. The molecule has 4 aromatic rings. The lowest BCUT2D eigenvalue weighted by molar-refractivity contribution is -0.385. The third-order valence-corrected chi connectivity index (χ3v) is 22.5. The number of nitrogens with zero attached hydrogens (tertiary/aromatic N) is 6. The predicted molar refractivity (Wildman–Crippen MR) is 385 cm³/mol.